The maximum Gasteiger partial charge on any atom is 0.255 e. The highest BCUT2D eigenvalue weighted by Crippen LogP contribution is 2.16. The number of carbonyl (C=O) groups is 2. The molecule has 1 aromatic carbocycles. The Bertz CT molecular complexity index is 993. The molecule has 0 bridgehead atoms. The Balaban J connectivity index is 1.37. The molecule has 8 nitrogen and oxygen atoms in total. The zero-order valence-corrected chi connectivity index (χ0v) is 16.1. The first-order valence-electron chi connectivity index (χ1n) is 9.33. The predicted molar refractivity (Wildman–Crippen MR) is 106 cm³/mol. The lowest BCUT2D eigenvalue weighted by molar-refractivity contribution is 0.0535. The fraction of sp³-hybridized carbons (Fsp3) is 0.238. The molecule has 3 aromatic rings. The Morgan fingerprint density at radius 3 is 2.28 bits per heavy atom. The van der Waals surface area contributed by atoms with Gasteiger partial charge < -0.3 is 14.5 Å². The zero-order chi connectivity index (χ0) is 20.2. The van der Waals surface area contributed by atoms with Crippen molar-refractivity contribution in [1.29, 1.82) is 0 Å². The van der Waals surface area contributed by atoms with Crippen LogP contribution in [0.3, 0.4) is 0 Å². The minimum absolute atomic E-state index is 0.0534. The summed E-state index contributed by atoms with van der Waals surface area (Å²) in [5.41, 5.74) is 1.12. The number of methoxy groups -OCH3 is 1. The molecule has 0 saturated carbocycles. The minimum atomic E-state index is -0.0804. The van der Waals surface area contributed by atoms with Gasteiger partial charge in [0.05, 0.1) is 12.7 Å². The summed E-state index contributed by atoms with van der Waals surface area (Å²) in [6.07, 6.45) is 6.70. The highest BCUT2D eigenvalue weighted by molar-refractivity contribution is 5.96. The van der Waals surface area contributed by atoms with Crippen LogP contribution in [0, 0.1) is 0 Å². The molecule has 0 spiro atoms. The fourth-order valence-corrected chi connectivity index (χ4v) is 3.29. The van der Waals surface area contributed by atoms with Crippen LogP contribution in [-0.2, 0) is 0 Å². The fourth-order valence-electron chi connectivity index (χ4n) is 3.29. The number of imidazole rings is 1. The van der Waals surface area contributed by atoms with E-state index in [1.807, 2.05) is 0 Å². The molecule has 1 aliphatic heterocycles. The maximum absolute atomic E-state index is 12.8. The third-order valence-corrected chi connectivity index (χ3v) is 4.93. The van der Waals surface area contributed by atoms with Crippen molar-refractivity contribution in [3.05, 3.63) is 72.4 Å². The second kappa shape index (κ2) is 8.14. The van der Waals surface area contributed by atoms with Crippen LogP contribution in [0.15, 0.2) is 61.3 Å². The molecule has 1 saturated heterocycles. The number of hydrogen-bond acceptors (Lipinski definition) is 5. The average molecular weight is 391 g/mol. The first-order valence-corrected chi connectivity index (χ1v) is 9.33. The highest BCUT2D eigenvalue weighted by Gasteiger charge is 2.25. The number of rotatable bonds is 4. The third-order valence-electron chi connectivity index (χ3n) is 4.93. The molecule has 3 heterocycles. The van der Waals surface area contributed by atoms with E-state index in [2.05, 4.69) is 9.97 Å². The Labute approximate surface area is 168 Å². The van der Waals surface area contributed by atoms with E-state index in [1.54, 1.807) is 82.8 Å². The van der Waals surface area contributed by atoms with E-state index in [0.29, 0.717) is 48.9 Å². The molecule has 2 aromatic heterocycles. The van der Waals surface area contributed by atoms with Gasteiger partial charge in [0.2, 0.25) is 0 Å². The topological polar surface area (TPSA) is 80.6 Å². The summed E-state index contributed by atoms with van der Waals surface area (Å²) in [4.78, 5) is 37.3. The van der Waals surface area contributed by atoms with Crippen molar-refractivity contribution in [3.8, 4) is 11.6 Å². The van der Waals surface area contributed by atoms with Crippen molar-refractivity contribution in [1.82, 2.24) is 24.3 Å². The van der Waals surface area contributed by atoms with Crippen LogP contribution in [0.4, 0.5) is 0 Å². The quantitative estimate of drug-likeness (QED) is 0.678. The Hall–Kier alpha value is -3.68. The molecule has 2 amide bonds. The number of aromatic nitrogens is 3. The second-order valence-electron chi connectivity index (χ2n) is 6.69. The SMILES string of the molecule is COc1cccc(C(=O)N2CCN(C(=O)c3ccc(-n4ccnc4)nc3)CC2)c1. The van der Waals surface area contributed by atoms with E-state index in [-0.39, 0.29) is 11.8 Å². The summed E-state index contributed by atoms with van der Waals surface area (Å²) in [6, 6.07) is 10.7. The number of amides is 2. The van der Waals surface area contributed by atoms with Crippen molar-refractivity contribution in [2.75, 3.05) is 33.3 Å². The van der Waals surface area contributed by atoms with Gasteiger partial charge in [-0.15, -0.1) is 0 Å². The molecule has 1 aliphatic rings. The first-order chi connectivity index (χ1) is 14.2. The van der Waals surface area contributed by atoms with Crippen molar-refractivity contribution >= 4 is 11.8 Å². The molecule has 0 aliphatic carbocycles. The molecule has 8 heteroatoms. The zero-order valence-electron chi connectivity index (χ0n) is 16.1. The van der Waals surface area contributed by atoms with Gasteiger partial charge in [-0.1, -0.05) is 6.07 Å². The molecular formula is C21H21N5O3. The van der Waals surface area contributed by atoms with Crippen molar-refractivity contribution in [2.24, 2.45) is 0 Å². The highest BCUT2D eigenvalue weighted by atomic mass is 16.5. The van der Waals surface area contributed by atoms with Gasteiger partial charge in [0.25, 0.3) is 11.8 Å². The van der Waals surface area contributed by atoms with Crippen molar-refractivity contribution in [2.45, 2.75) is 0 Å². The van der Waals surface area contributed by atoms with E-state index in [4.69, 9.17) is 4.74 Å². The van der Waals surface area contributed by atoms with E-state index in [9.17, 15) is 9.59 Å². The molecule has 0 atom stereocenters. The number of benzene rings is 1. The van der Waals surface area contributed by atoms with E-state index < -0.39 is 0 Å². The summed E-state index contributed by atoms with van der Waals surface area (Å²) in [5, 5.41) is 0. The number of carbonyl (C=O) groups excluding carboxylic acids is 2. The van der Waals surface area contributed by atoms with E-state index in [0.717, 1.165) is 0 Å². The van der Waals surface area contributed by atoms with Gasteiger partial charge in [0, 0.05) is 50.3 Å². The van der Waals surface area contributed by atoms with Gasteiger partial charge in [-0.05, 0) is 30.3 Å². The molecule has 4 rings (SSSR count). The van der Waals surface area contributed by atoms with E-state index in [1.165, 1.54) is 0 Å². The predicted octanol–water partition coefficient (Wildman–Crippen LogP) is 1.87. The van der Waals surface area contributed by atoms with Crippen LogP contribution in [0.2, 0.25) is 0 Å². The van der Waals surface area contributed by atoms with Gasteiger partial charge in [-0.2, -0.15) is 0 Å². The standard InChI is InChI=1S/C21H21N5O3/c1-29-18-4-2-3-16(13-18)20(27)24-9-11-25(12-10-24)21(28)17-5-6-19(23-14-17)26-8-7-22-15-26/h2-8,13-15H,9-12H2,1H3. The largest absolute Gasteiger partial charge is 0.497 e. The van der Waals surface area contributed by atoms with Crippen LogP contribution in [0.25, 0.3) is 5.82 Å². The summed E-state index contributed by atoms with van der Waals surface area (Å²) in [6.45, 7) is 1.94. The summed E-state index contributed by atoms with van der Waals surface area (Å²) < 4.78 is 6.96. The third kappa shape index (κ3) is 3.96. The van der Waals surface area contributed by atoms with Crippen LogP contribution < -0.4 is 4.74 Å². The van der Waals surface area contributed by atoms with Crippen LogP contribution in [0.5, 0.6) is 5.75 Å². The lowest BCUT2D eigenvalue weighted by Crippen LogP contribution is -2.50. The van der Waals surface area contributed by atoms with Gasteiger partial charge in [0.15, 0.2) is 0 Å². The van der Waals surface area contributed by atoms with Gasteiger partial charge in [-0.3, -0.25) is 14.2 Å². The second-order valence-corrected chi connectivity index (χ2v) is 6.69. The van der Waals surface area contributed by atoms with Crippen molar-refractivity contribution in [3.63, 3.8) is 0 Å². The number of hydrogen-bond donors (Lipinski definition) is 0. The molecule has 0 radical (unpaired) electrons. The Morgan fingerprint density at radius 1 is 0.966 bits per heavy atom. The number of pyridine rings is 1. The Kier molecular flexibility index (Phi) is 5.24. The van der Waals surface area contributed by atoms with Gasteiger partial charge in [-0.25, -0.2) is 9.97 Å². The minimum Gasteiger partial charge on any atom is -0.497 e. The molecule has 0 N–H and O–H groups in total. The average Bonchev–Trinajstić information content (AvgIpc) is 3.33. The van der Waals surface area contributed by atoms with Crippen LogP contribution in [-0.4, -0.2) is 69.4 Å². The molecule has 1 fully saturated rings. The van der Waals surface area contributed by atoms with Crippen LogP contribution >= 0.6 is 0 Å². The summed E-state index contributed by atoms with van der Waals surface area (Å²) in [5.74, 6) is 1.22. The van der Waals surface area contributed by atoms with Gasteiger partial charge >= 0.3 is 0 Å². The number of ether oxygens (including phenoxy) is 1. The number of nitrogens with zero attached hydrogens (tertiary/aromatic N) is 5. The lowest BCUT2D eigenvalue weighted by Gasteiger charge is -2.34. The normalized spacial score (nSPS) is 14.0. The van der Waals surface area contributed by atoms with E-state index >= 15 is 0 Å². The molecular weight excluding hydrogens is 370 g/mol. The maximum atomic E-state index is 12.8. The molecule has 0 unspecified atom stereocenters. The summed E-state index contributed by atoms with van der Waals surface area (Å²) in [7, 11) is 1.57. The smallest absolute Gasteiger partial charge is 0.255 e. The molecule has 148 valence electrons. The first kappa shape index (κ1) is 18.7. The van der Waals surface area contributed by atoms with Crippen LogP contribution in [0.1, 0.15) is 20.7 Å². The van der Waals surface area contributed by atoms with Gasteiger partial charge in [0.1, 0.15) is 17.9 Å². The monoisotopic (exact) mass is 391 g/mol. The number of piperazine rings is 1. The van der Waals surface area contributed by atoms with Crippen molar-refractivity contribution < 1.29 is 14.3 Å². The molecule has 29 heavy (non-hydrogen) atoms. The lowest BCUT2D eigenvalue weighted by atomic mass is 10.1. The summed E-state index contributed by atoms with van der Waals surface area (Å²) >= 11 is 0. The Morgan fingerprint density at radius 2 is 1.69 bits per heavy atom.